The molecule has 1 heterocycles. The third kappa shape index (κ3) is 3.96. The largest absolute Gasteiger partial charge is 0.380 e. The monoisotopic (exact) mass is 261 g/mol. The minimum absolute atomic E-state index is 0.251. The first-order valence-corrected chi connectivity index (χ1v) is 6.69. The first-order valence-electron chi connectivity index (χ1n) is 6.69. The van der Waals surface area contributed by atoms with E-state index in [9.17, 15) is 0 Å². The first kappa shape index (κ1) is 13.9. The van der Waals surface area contributed by atoms with Gasteiger partial charge in [-0.2, -0.15) is 0 Å². The Balaban J connectivity index is 1.79. The molecule has 0 bridgehead atoms. The van der Waals surface area contributed by atoms with Crippen LogP contribution in [0.15, 0.2) is 29.3 Å². The van der Waals surface area contributed by atoms with Crippen LogP contribution in [0.5, 0.6) is 0 Å². The predicted octanol–water partition coefficient (Wildman–Crippen LogP) is 1.70. The lowest BCUT2D eigenvalue weighted by Gasteiger charge is -2.38. The van der Waals surface area contributed by atoms with E-state index in [1.54, 1.807) is 7.05 Å². The van der Waals surface area contributed by atoms with E-state index in [0.29, 0.717) is 0 Å². The molecule has 4 heteroatoms. The van der Waals surface area contributed by atoms with Crippen LogP contribution in [0.2, 0.25) is 0 Å². The average molecular weight is 261 g/mol. The Hall–Kier alpha value is -1.55. The summed E-state index contributed by atoms with van der Waals surface area (Å²) in [6.45, 7) is 7.66. The van der Waals surface area contributed by atoms with Crippen LogP contribution in [0, 0.1) is 12.3 Å². The maximum atomic E-state index is 5.25. The zero-order valence-electron chi connectivity index (χ0n) is 12.0. The van der Waals surface area contributed by atoms with Crippen molar-refractivity contribution in [1.29, 1.82) is 0 Å². The van der Waals surface area contributed by atoms with Gasteiger partial charge in [-0.3, -0.25) is 4.99 Å². The molecule has 0 atom stereocenters. The lowest BCUT2D eigenvalue weighted by Crippen LogP contribution is -2.50. The van der Waals surface area contributed by atoms with Gasteiger partial charge < -0.3 is 15.4 Å². The van der Waals surface area contributed by atoms with Gasteiger partial charge in [-0.15, -0.1) is 0 Å². The number of benzene rings is 1. The van der Waals surface area contributed by atoms with Gasteiger partial charge in [0.1, 0.15) is 0 Å². The number of ether oxygens (including phenoxy) is 1. The highest BCUT2D eigenvalue weighted by Gasteiger charge is 2.33. The molecule has 0 amide bonds. The molecule has 0 radical (unpaired) electrons. The van der Waals surface area contributed by atoms with Crippen molar-refractivity contribution in [2.45, 2.75) is 20.4 Å². The molecule has 4 nitrogen and oxygen atoms in total. The van der Waals surface area contributed by atoms with Crippen molar-refractivity contribution in [2.24, 2.45) is 10.4 Å². The summed E-state index contributed by atoms with van der Waals surface area (Å²) in [4.78, 5) is 4.24. The quantitative estimate of drug-likeness (QED) is 0.640. The van der Waals surface area contributed by atoms with Crippen molar-refractivity contribution in [2.75, 3.05) is 26.8 Å². The Labute approximate surface area is 115 Å². The average Bonchev–Trinajstić information content (AvgIpc) is 2.37. The summed E-state index contributed by atoms with van der Waals surface area (Å²) in [6, 6.07) is 8.49. The van der Waals surface area contributed by atoms with E-state index in [4.69, 9.17) is 4.74 Å². The molecule has 1 aromatic carbocycles. The Morgan fingerprint density at radius 3 is 2.74 bits per heavy atom. The zero-order valence-corrected chi connectivity index (χ0v) is 12.0. The second-order valence-electron chi connectivity index (χ2n) is 5.57. The van der Waals surface area contributed by atoms with Crippen molar-refractivity contribution >= 4 is 5.96 Å². The minimum atomic E-state index is 0.251. The third-order valence-electron chi connectivity index (χ3n) is 3.35. The van der Waals surface area contributed by atoms with E-state index in [-0.39, 0.29) is 5.41 Å². The fourth-order valence-corrected chi connectivity index (χ4v) is 2.08. The molecular weight excluding hydrogens is 238 g/mol. The maximum absolute atomic E-state index is 5.25. The van der Waals surface area contributed by atoms with Gasteiger partial charge in [0, 0.05) is 25.6 Å². The van der Waals surface area contributed by atoms with Gasteiger partial charge in [-0.1, -0.05) is 36.8 Å². The Morgan fingerprint density at radius 1 is 1.37 bits per heavy atom. The molecule has 19 heavy (non-hydrogen) atoms. The van der Waals surface area contributed by atoms with E-state index in [1.807, 2.05) is 0 Å². The Kier molecular flexibility index (Phi) is 4.43. The van der Waals surface area contributed by atoms with Crippen LogP contribution >= 0.6 is 0 Å². The molecule has 1 fully saturated rings. The normalized spacial score (nSPS) is 17.7. The van der Waals surface area contributed by atoms with E-state index in [1.165, 1.54) is 11.1 Å². The molecule has 1 aliphatic rings. The van der Waals surface area contributed by atoms with E-state index in [0.717, 1.165) is 32.3 Å². The molecule has 0 aliphatic carbocycles. The molecule has 0 aromatic heterocycles. The summed E-state index contributed by atoms with van der Waals surface area (Å²) in [7, 11) is 1.80. The lowest BCUT2D eigenvalue weighted by atomic mass is 9.89. The summed E-state index contributed by atoms with van der Waals surface area (Å²) in [5.74, 6) is 0.842. The van der Waals surface area contributed by atoms with Crippen LogP contribution in [0.25, 0.3) is 0 Å². The van der Waals surface area contributed by atoms with Gasteiger partial charge in [0.2, 0.25) is 0 Å². The molecule has 2 rings (SSSR count). The molecule has 1 aliphatic heterocycles. The van der Waals surface area contributed by atoms with Crippen LogP contribution < -0.4 is 10.6 Å². The Morgan fingerprint density at radius 2 is 2.16 bits per heavy atom. The Bertz CT molecular complexity index is 452. The highest BCUT2D eigenvalue weighted by atomic mass is 16.5. The highest BCUT2D eigenvalue weighted by Crippen LogP contribution is 2.24. The molecule has 0 unspecified atom stereocenters. The number of hydrogen-bond acceptors (Lipinski definition) is 2. The number of aliphatic imine (C=N–C) groups is 1. The topological polar surface area (TPSA) is 45.7 Å². The van der Waals surface area contributed by atoms with E-state index in [2.05, 4.69) is 53.7 Å². The van der Waals surface area contributed by atoms with Crippen molar-refractivity contribution in [3.8, 4) is 0 Å². The summed E-state index contributed by atoms with van der Waals surface area (Å²) in [5.41, 5.74) is 2.79. The van der Waals surface area contributed by atoms with Crippen molar-refractivity contribution in [3.63, 3.8) is 0 Å². The molecule has 0 spiro atoms. The van der Waals surface area contributed by atoms with Crippen LogP contribution in [0.4, 0.5) is 0 Å². The van der Waals surface area contributed by atoms with Gasteiger partial charge >= 0.3 is 0 Å². The van der Waals surface area contributed by atoms with E-state index >= 15 is 0 Å². The zero-order chi connectivity index (χ0) is 13.7. The molecule has 104 valence electrons. The van der Waals surface area contributed by atoms with Gasteiger partial charge in [-0.05, 0) is 12.5 Å². The maximum Gasteiger partial charge on any atom is 0.191 e. The molecule has 1 aromatic rings. The van der Waals surface area contributed by atoms with Gasteiger partial charge in [0.05, 0.1) is 13.2 Å². The van der Waals surface area contributed by atoms with Gasteiger partial charge in [-0.25, -0.2) is 0 Å². The number of guanidine groups is 1. The van der Waals surface area contributed by atoms with Crippen LogP contribution in [-0.2, 0) is 11.3 Å². The highest BCUT2D eigenvalue weighted by molar-refractivity contribution is 5.79. The fraction of sp³-hybridized carbons (Fsp3) is 0.533. The van der Waals surface area contributed by atoms with Crippen molar-refractivity contribution in [1.82, 2.24) is 10.6 Å². The standard InChI is InChI=1S/C15H23N3O/c1-12-5-4-6-13(7-12)8-17-14(16-3)18-9-15(2)10-19-11-15/h4-7H,8-11H2,1-3H3,(H2,16,17,18). The minimum Gasteiger partial charge on any atom is -0.380 e. The second kappa shape index (κ2) is 6.06. The second-order valence-corrected chi connectivity index (χ2v) is 5.57. The molecule has 1 saturated heterocycles. The summed E-state index contributed by atoms with van der Waals surface area (Å²) in [6.07, 6.45) is 0. The first-order chi connectivity index (χ1) is 9.11. The number of aryl methyl sites for hydroxylation is 1. The summed E-state index contributed by atoms with van der Waals surface area (Å²) >= 11 is 0. The van der Waals surface area contributed by atoms with Crippen LogP contribution in [0.1, 0.15) is 18.1 Å². The molecular formula is C15H23N3O. The fourth-order valence-electron chi connectivity index (χ4n) is 2.08. The van der Waals surface area contributed by atoms with Crippen LogP contribution in [-0.4, -0.2) is 32.8 Å². The predicted molar refractivity (Wildman–Crippen MR) is 78.3 cm³/mol. The number of rotatable bonds is 4. The van der Waals surface area contributed by atoms with Crippen LogP contribution in [0.3, 0.4) is 0 Å². The SMILES string of the molecule is CN=C(NCc1cccc(C)c1)NCC1(C)COC1. The summed E-state index contributed by atoms with van der Waals surface area (Å²) < 4.78 is 5.25. The smallest absolute Gasteiger partial charge is 0.191 e. The molecule has 2 N–H and O–H groups in total. The summed E-state index contributed by atoms with van der Waals surface area (Å²) in [5, 5.41) is 6.69. The van der Waals surface area contributed by atoms with Gasteiger partial charge in [0.25, 0.3) is 0 Å². The van der Waals surface area contributed by atoms with Crippen molar-refractivity contribution in [3.05, 3.63) is 35.4 Å². The van der Waals surface area contributed by atoms with Crippen molar-refractivity contribution < 1.29 is 4.74 Å². The molecule has 0 saturated carbocycles. The number of hydrogen-bond donors (Lipinski definition) is 2. The lowest BCUT2D eigenvalue weighted by molar-refractivity contribution is -0.0971. The number of nitrogens with zero attached hydrogens (tertiary/aromatic N) is 1. The van der Waals surface area contributed by atoms with E-state index < -0.39 is 0 Å². The van der Waals surface area contributed by atoms with Gasteiger partial charge in [0.15, 0.2) is 5.96 Å². The number of nitrogens with one attached hydrogen (secondary N) is 2. The third-order valence-corrected chi connectivity index (χ3v) is 3.35.